The van der Waals surface area contributed by atoms with Crippen LogP contribution in [0.25, 0.3) is 6.08 Å². The minimum atomic E-state index is 0. The maximum Gasteiger partial charge on any atom is 3.00 e. The summed E-state index contributed by atoms with van der Waals surface area (Å²) in [4.78, 5) is 0. The van der Waals surface area contributed by atoms with Gasteiger partial charge in [-0.2, -0.15) is 5.56 Å². The van der Waals surface area contributed by atoms with E-state index in [9.17, 15) is 0 Å². The number of halogens is 2. The first-order valence-electron chi connectivity index (χ1n) is 3.56. The summed E-state index contributed by atoms with van der Waals surface area (Å²) < 4.78 is 0. The average molecular weight is 337 g/mol. The third kappa shape index (κ3) is 3.36. The fourth-order valence-electron chi connectivity index (χ4n) is 1.34. The van der Waals surface area contributed by atoms with Crippen LogP contribution in [-0.4, -0.2) is 0 Å². The number of fused-ring (bicyclic) bond motifs is 1. The predicted molar refractivity (Wildman–Crippen MR) is 42.6 cm³/mol. The Morgan fingerprint density at radius 3 is 2.38 bits per heavy atom. The van der Waals surface area contributed by atoms with Crippen LogP contribution in [0.5, 0.6) is 0 Å². The van der Waals surface area contributed by atoms with Gasteiger partial charge in [0.05, 0.1) is 0 Å². The van der Waals surface area contributed by atoms with Crippen molar-refractivity contribution in [2.75, 3.05) is 0 Å². The summed E-state index contributed by atoms with van der Waals surface area (Å²) in [7, 11) is 0. The van der Waals surface area contributed by atoms with Gasteiger partial charge in [-0.05, 0) is 0 Å². The monoisotopic (exact) mass is 335 g/mol. The van der Waals surface area contributed by atoms with Crippen LogP contribution in [0, 0.1) is 6.08 Å². The second kappa shape index (κ2) is 7.00. The van der Waals surface area contributed by atoms with Crippen molar-refractivity contribution < 1.29 is 55.7 Å². The molecule has 13 heavy (non-hydrogen) atoms. The van der Waals surface area contributed by atoms with Gasteiger partial charge in [-0.15, -0.1) is 11.6 Å². The second-order valence-corrected chi connectivity index (χ2v) is 2.66. The molecule has 0 nitrogen and oxygen atoms in total. The molecule has 67 valence electrons. The van der Waals surface area contributed by atoms with Crippen LogP contribution in [0.1, 0.15) is 24.0 Å². The number of hydrogen-bond donors (Lipinski definition) is 0. The van der Waals surface area contributed by atoms with Crippen molar-refractivity contribution in [1.29, 1.82) is 0 Å². The summed E-state index contributed by atoms with van der Waals surface area (Å²) in [6, 6.07) is 8.44. The first-order valence-corrected chi connectivity index (χ1v) is 3.56. The van der Waals surface area contributed by atoms with Gasteiger partial charge in [0.25, 0.3) is 0 Å². The van der Waals surface area contributed by atoms with E-state index >= 15 is 0 Å². The molecule has 0 amide bonds. The maximum absolute atomic E-state index is 3.26. The molecule has 0 aliphatic heterocycles. The molecule has 1 atom stereocenters. The molecule has 0 bridgehead atoms. The van der Waals surface area contributed by atoms with E-state index in [0.717, 1.165) is 0 Å². The first kappa shape index (κ1) is 16.1. The van der Waals surface area contributed by atoms with Crippen molar-refractivity contribution in [3.8, 4) is 0 Å². The van der Waals surface area contributed by atoms with Gasteiger partial charge in [-0.25, -0.2) is 6.08 Å². The Morgan fingerprint density at radius 1 is 1.15 bits per heavy atom. The maximum atomic E-state index is 3.26. The van der Waals surface area contributed by atoms with Crippen LogP contribution >= 0.6 is 0 Å². The number of rotatable bonds is 0. The summed E-state index contributed by atoms with van der Waals surface area (Å²) in [5.74, 6) is 0.496. The largest absolute Gasteiger partial charge is 3.00 e. The molecule has 0 heterocycles. The third-order valence-electron chi connectivity index (χ3n) is 1.95. The topological polar surface area (TPSA) is 0 Å². The quantitative estimate of drug-likeness (QED) is 0.343. The number of hydrogen-bond acceptors (Lipinski definition) is 0. The molecule has 0 N–H and O–H groups in total. The van der Waals surface area contributed by atoms with Gasteiger partial charge in [-0.3, -0.25) is 6.08 Å². The summed E-state index contributed by atoms with van der Waals surface area (Å²) in [6.07, 6.45) is 5.33. The Hall–Kier alpha value is 0.634. The van der Waals surface area contributed by atoms with Gasteiger partial charge >= 0.3 is 21.7 Å². The molecule has 0 spiro atoms. The zero-order chi connectivity index (χ0) is 6.97. The SMILES string of the molecule is CC1[C-]=Cc2ccccc21.[Br-].[Br-].[Ti+3]. The van der Waals surface area contributed by atoms with E-state index in [-0.39, 0.29) is 55.7 Å². The second-order valence-electron chi connectivity index (χ2n) is 2.66. The Morgan fingerprint density at radius 2 is 1.77 bits per heavy atom. The molecular weight excluding hydrogens is 328 g/mol. The Kier molecular flexibility index (Phi) is 8.65. The van der Waals surface area contributed by atoms with Gasteiger partial charge < -0.3 is 34.0 Å². The van der Waals surface area contributed by atoms with Crippen LogP contribution in [0.3, 0.4) is 0 Å². The predicted octanol–water partition coefficient (Wildman–Crippen LogP) is -3.37. The minimum absolute atomic E-state index is 0. The van der Waals surface area contributed by atoms with Gasteiger partial charge in [0.2, 0.25) is 0 Å². The molecule has 0 aromatic heterocycles. The first-order chi connectivity index (χ1) is 4.88. The smallest absolute Gasteiger partial charge is 1.00 e. The zero-order valence-corrected chi connectivity index (χ0v) is 12.0. The summed E-state index contributed by atoms with van der Waals surface area (Å²) in [5.41, 5.74) is 2.73. The van der Waals surface area contributed by atoms with Crippen molar-refractivity contribution in [3.63, 3.8) is 0 Å². The molecule has 1 radical (unpaired) electrons. The van der Waals surface area contributed by atoms with Gasteiger partial charge in [0, 0.05) is 0 Å². The van der Waals surface area contributed by atoms with Crippen molar-refractivity contribution >= 4 is 6.08 Å². The fourth-order valence-corrected chi connectivity index (χ4v) is 1.34. The summed E-state index contributed by atoms with van der Waals surface area (Å²) >= 11 is 0. The summed E-state index contributed by atoms with van der Waals surface area (Å²) in [5, 5.41) is 0. The molecule has 0 saturated carbocycles. The van der Waals surface area contributed by atoms with Gasteiger partial charge in [0.15, 0.2) is 0 Å². The minimum Gasteiger partial charge on any atom is -1.00 e. The van der Waals surface area contributed by atoms with Crippen LogP contribution < -0.4 is 34.0 Å². The van der Waals surface area contributed by atoms with Crippen LogP contribution in [-0.2, 0) is 21.7 Å². The van der Waals surface area contributed by atoms with Crippen LogP contribution in [0.15, 0.2) is 24.3 Å². The van der Waals surface area contributed by atoms with E-state index in [1.807, 2.05) is 0 Å². The van der Waals surface area contributed by atoms with E-state index in [2.05, 4.69) is 43.3 Å². The number of benzene rings is 1. The summed E-state index contributed by atoms with van der Waals surface area (Å²) in [6.45, 7) is 2.17. The Bertz CT molecular complexity index is 284. The molecule has 0 fully saturated rings. The molecule has 1 aliphatic rings. The molecule has 1 aliphatic carbocycles. The van der Waals surface area contributed by atoms with E-state index in [1.165, 1.54) is 11.1 Å². The molecular formula is C10H9Br2Ti. The molecule has 2 rings (SSSR count). The number of allylic oxidation sites excluding steroid dienone is 1. The third-order valence-corrected chi connectivity index (χ3v) is 1.95. The Labute approximate surface area is 115 Å². The van der Waals surface area contributed by atoms with Gasteiger partial charge in [0.1, 0.15) is 0 Å². The molecule has 3 heteroatoms. The molecule has 0 saturated heterocycles. The normalized spacial score (nSPS) is 16.2. The van der Waals surface area contributed by atoms with Gasteiger partial charge in [-0.1, -0.05) is 31.0 Å². The van der Waals surface area contributed by atoms with Crippen LogP contribution in [0.4, 0.5) is 0 Å². The zero-order valence-electron chi connectivity index (χ0n) is 7.22. The standard InChI is InChI=1S/C10H9.2BrH.Ti/c1-8-6-7-9-4-2-3-5-10(8)9;;;/h2-5,7-8H,1H3;2*1H;/q-1;;;+3/p-2. The van der Waals surface area contributed by atoms with Crippen LogP contribution in [0.2, 0.25) is 0 Å². The van der Waals surface area contributed by atoms with E-state index < -0.39 is 0 Å². The molecule has 1 aromatic carbocycles. The van der Waals surface area contributed by atoms with Crippen molar-refractivity contribution in [2.24, 2.45) is 0 Å². The van der Waals surface area contributed by atoms with E-state index in [1.54, 1.807) is 0 Å². The van der Waals surface area contributed by atoms with Crippen molar-refractivity contribution in [1.82, 2.24) is 0 Å². The average Bonchev–Trinajstić information content (AvgIpc) is 2.34. The van der Waals surface area contributed by atoms with E-state index in [0.29, 0.717) is 5.92 Å². The molecule has 1 aromatic rings. The Balaban J connectivity index is 0. The van der Waals surface area contributed by atoms with Crippen molar-refractivity contribution in [2.45, 2.75) is 12.8 Å². The fraction of sp³-hybridized carbons (Fsp3) is 0.200. The van der Waals surface area contributed by atoms with Crippen molar-refractivity contribution in [3.05, 3.63) is 41.5 Å². The molecule has 1 unspecified atom stereocenters. The van der Waals surface area contributed by atoms with E-state index in [4.69, 9.17) is 0 Å².